The maximum Gasteiger partial charge on any atom is 0.267 e. The first-order valence-corrected chi connectivity index (χ1v) is 13.2. The fraction of sp³-hybridized carbons (Fsp3) is 0.448. The quantitative estimate of drug-likeness (QED) is 0.617. The van der Waals surface area contributed by atoms with Crippen LogP contribution in [0, 0.1) is 0 Å². The van der Waals surface area contributed by atoms with Crippen LogP contribution in [0.4, 0.5) is 5.69 Å². The van der Waals surface area contributed by atoms with Crippen molar-refractivity contribution in [3.63, 3.8) is 0 Å². The van der Waals surface area contributed by atoms with E-state index in [0.717, 1.165) is 16.8 Å². The van der Waals surface area contributed by atoms with Crippen molar-refractivity contribution in [2.45, 2.75) is 32.4 Å². The predicted octanol–water partition coefficient (Wildman–Crippen LogP) is 2.97. The Balaban J connectivity index is 1.12. The lowest BCUT2D eigenvalue weighted by molar-refractivity contribution is -0.143. The summed E-state index contributed by atoms with van der Waals surface area (Å²) in [5, 5.41) is 0. The fourth-order valence-corrected chi connectivity index (χ4v) is 5.75. The summed E-state index contributed by atoms with van der Waals surface area (Å²) in [5.74, 6) is 2.56. The minimum Gasteiger partial charge on any atom is -0.486 e. The van der Waals surface area contributed by atoms with E-state index in [1.54, 1.807) is 4.90 Å². The van der Waals surface area contributed by atoms with E-state index in [-0.39, 0.29) is 25.0 Å². The van der Waals surface area contributed by atoms with Gasteiger partial charge in [0.15, 0.2) is 23.0 Å². The first kappa shape index (κ1) is 24.6. The third-order valence-electron chi connectivity index (χ3n) is 7.55. The summed E-state index contributed by atoms with van der Waals surface area (Å²) >= 11 is 0. The molecule has 9 heteroatoms. The van der Waals surface area contributed by atoms with Crippen LogP contribution < -0.4 is 23.8 Å². The molecule has 1 saturated heterocycles. The molecular weight excluding hydrogens is 486 g/mol. The third-order valence-corrected chi connectivity index (χ3v) is 7.55. The van der Waals surface area contributed by atoms with Gasteiger partial charge in [-0.05, 0) is 44.5 Å². The molecule has 38 heavy (non-hydrogen) atoms. The van der Waals surface area contributed by atoms with Crippen molar-refractivity contribution in [2.24, 2.45) is 0 Å². The van der Waals surface area contributed by atoms with Crippen molar-refractivity contribution in [1.82, 2.24) is 9.80 Å². The SMILES string of the molecule is CC1=CC(C)(C)N(C(=O)CN2CCN(C(=O)[C@@H]3COc4ccccc4O3)CC2)c2cc3c(cc21)OCCO3. The third kappa shape index (κ3) is 4.45. The molecule has 9 nitrogen and oxygen atoms in total. The summed E-state index contributed by atoms with van der Waals surface area (Å²) < 4.78 is 23.2. The van der Waals surface area contributed by atoms with Crippen LogP contribution in [0.2, 0.25) is 0 Å². The van der Waals surface area contributed by atoms with Gasteiger partial charge in [-0.15, -0.1) is 0 Å². The Morgan fingerprint density at radius 3 is 2.34 bits per heavy atom. The number of piperazine rings is 1. The molecule has 0 unspecified atom stereocenters. The largest absolute Gasteiger partial charge is 0.486 e. The smallest absolute Gasteiger partial charge is 0.267 e. The molecule has 4 aliphatic rings. The second kappa shape index (κ2) is 9.54. The zero-order valence-corrected chi connectivity index (χ0v) is 22.1. The Hall–Kier alpha value is -3.72. The number of rotatable bonds is 3. The number of fused-ring (bicyclic) bond motifs is 3. The van der Waals surface area contributed by atoms with Crippen LogP contribution in [0.3, 0.4) is 0 Å². The maximum absolute atomic E-state index is 13.8. The van der Waals surface area contributed by atoms with Gasteiger partial charge in [0.1, 0.15) is 19.8 Å². The molecule has 200 valence electrons. The van der Waals surface area contributed by atoms with E-state index in [4.69, 9.17) is 18.9 Å². The normalized spacial score (nSPS) is 21.9. The number of nitrogens with zero attached hydrogens (tertiary/aromatic N) is 3. The molecule has 2 aromatic rings. The van der Waals surface area contributed by atoms with Crippen LogP contribution in [0.25, 0.3) is 5.57 Å². The van der Waals surface area contributed by atoms with Crippen molar-refractivity contribution >= 4 is 23.1 Å². The number of amides is 2. The number of hydrogen-bond acceptors (Lipinski definition) is 7. The summed E-state index contributed by atoms with van der Waals surface area (Å²) in [7, 11) is 0. The van der Waals surface area contributed by atoms with Crippen molar-refractivity contribution < 1.29 is 28.5 Å². The van der Waals surface area contributed by atoms with E-state index in [9.17, 15) is 9.59 Å². The molecule has 0 aliphatic carbocycles. The zero-order chi connectivity index (χ0) is 26.4. The second-order valence-electron chi connectivity index (χ2n) is 10.7. The van der Waals surface area contributed by atoms with Gasteiger partial charge in [0, 0.05) is 37.8 Å². The molecule has 0 bridgehead atoms. The summed E-state index contributed by atoms with van der Waals surface area (Å²) in [5.41, 5.74) is 2.43. The van der Waals surface area contributed by atoms with Crippen molar-refractivity contribution in [3.8, 4) is 23.0 Å². The molecule has 0 N–H and O–H groups in total. The van der Waals surface area contributed by atoms with Crippen LogP contribution >= 0.6 is 0 Å². The first-order valence-electron chi connectivity index (χ1n) is 13.2. The number of benzene rings is 2. The summed E-state index contributed by atoms with van der Waals surface area (Å²) in [6, 6.07) is 11.3. The Morgan fingerprint density at radius 2 is 1.61 bits per heavy atom. The van der Waals surface area contributed by atoms with Crippen LogP contribution in [-0.4, -0.2) is 85.8 Å². The van der Waals surface area contributed by atoms with E-state index in [0.29, 0.717) is 62.4 Å². The van der Waals surface area contributed by atoms with Gasteiger partial charge in [-0.3, -0.25) is 14.5 Å². The lowest BCUT2D eigenvalue weighted by Gasteiger charge is -2.43. The fourth-order valence-electron chi connectivity index (χ4n) is 5.75. The van der Waals surface area contributed by atoms with Gasteiger partial charge in [-0.2, -0.15) is 0 Å². The highest BCUT2D eigenvalue weighted by Gasteiger charge is 2.38. The van der Waals surface area contributed by atoms with Crippen LogP contribution in [0.5, 0.6) is 23.0 Å². The second-order valence-corrected chi connectivity index (χ2v) is 10.7. The molecule has 4 heterocycles. The molecule has 4 aliphatic heterocycles. The molecule has 0 aromatic heterocycles. The zero-order valence-electron chi connectivity index (χ0n) is 22.1. The number of para-hydroxylation sites is 2. The number of carbonyl (C=O) groups is 2. The molecule has 0 radical (unpaired) electrons. The highest BCUT2D eigenvalue weighted by Crippen LogP contribution is 2.45. The van der Waals surface area contributed by atoms with E-state index in [2.05, 4.69) is 31.7 Å². The lowest BCUT2D eigenvalue weighted by Crippen LogP contribution is -2.57. The predicted molar refractivity (Wildman–Crippen MR) is 142 cm³/mol. The average molecular weight is 520 g/mol. The van der Waals surface area contributed by atoms with Crippen molar-refractivity contribution in [1.29, 1.82) is 0 Å². The van der Waals surface area contributed by atoms with Gasteiger partial charge in [-0.25, -0.2) is 0 Å². The van der Waals surface area contributed by atoms with E-state index < -0.39 is 11.6 Å². The Labute approximate surface area is 222 Å². The Kier molecular flexibility index (Phi) is 6.18. The molecule has 2 aromatic carbocycles. The topological polar surface area (TPSA) is 80.8 Å². The van der Waals surface area contributed by atoms with E-state index in [1.165, 1.54) is 0 Å². The number of hydrogen-bond donors (Lipinski definition) is 0. The molecule has 2 amide bonds. The van der Waals surface area contributed by atoms with Gasteiger partial charge < -0.3 is 28.7 Å². The van der Waals surface area contributed by atoms with Crippen LogP contribution in [0.15, 0.2) is 42.5 Å². The lowest BCUT2D eigenvalue weighted by atomic mass is 9.88. The summed E-state index contributed by atoms with van der Waals surface area (Å²) in [6.07, 6.45) is 1.47. The number of ether oxygens (including phenoxy) is 4. The summed E-state index contributed by atoms with van der Waals surface area (Å²) in [4.78, 5) is 32.7. The maximum atomic E-state index is 13.8. The van der Waals surface area contributed by atoms with E-state index >= 15 is 0 Å². The molecular formula is C29H33N3O6. The van der Waals surface area contributed by atoms with Gasteiger partial charge in [0.2, 0.25) is 12.0 Å². The van der Waals surface area contributed by atoms with Gasteiger partial charge in [0.05, 0.1) is 17.8 Å². The minimum absolute atomic E-state index is 0.0112. The molecule has 6 rings (SSSR count). The van der Waals surface area contributed by atoms with Crippen LogP contribution in [-0.2, 0) is 9.59 Å². The molecule has 0 saturated carbocycles. The molecule has 1 fully saturated rings. The van der Waals surface area contributed by atoms with Gasteiger partial charge in [-0.1, -0.05) is 18.2 Å². The Bertz CT molecular complexity index is 1300. The first-order chi connectivity index (χ1) is 18.3. The van der Waals surface area contributed by atoms with Crippen molar-refractivity contribution in [3.05, 3.63) is 48.0 Å². The molecule has 0 spiro atoms. The Morgan fingerprint density at radius 1 is 0.921 bits per heavy atom. The van der Waals surface area contributed by atoms with Crippen LogP contribution in [0.1, 0.15) is 26.3 Å². The van der Waals surface area contributed by atoms with Gasteiger partial charge in [0.25, 0.3) is 5.91 Å². The highest BCUT2D eigenvalue weighted by atomic mass is 16.6. The summed E-state index contributed by atoms with van der Waals surface area (Å²) in [6.45, 7) is 9.93. The van der Waals surface area contributed by atoms with Gasteiger partial charge >= 0.3 is 0 Å². The minimum atomic E-state index is -0.657. The number of carbonyl (C=O) groups excluding carboxylic acids is 2. The number of anilines is 1. The number of allylic oxidation sites excluding steroid dienone is 1. The highest BCUT2D eigenvalue weighted by molar-refractivity contribution is 6.02. The average Bonchev–Trinajstić information content (AvgIpc) is 2.91. The molecule has 1 atom stereocenters. The van der Waals surface area contributed by atoms with E-state index in [1.807, 2.05) is 41.3 Å². The standard InChI is InChI=1S/C29H33N3O6/c1-19-16-29(2,3)32(21-15-25-24(14-20(19)21)35-12-13-36-25)27(33)17-30-8-10-31(11-9-30)28(34)26-18-37-22-6-4-5-7-23(22)38-26/h4-7,14-16,26H,8-13,17-18H2,1-3H3/t26-/m0/s1. The van der Waals surface area contributed by atoms with Crippen molar-refractivity contribution in [2.75, 3.05) is 57.4 Å². The monoisotopic (exact) mass is 519 g/mol.